The van der Waals surface area contributed by atoms with Crippen molar-refractivity contribution in [3.05, 3.63) is 134 Å². The Hall–Kier alpha value is -4.45. The molecule has 0 heterocycles. The second-order valence-corrected chi connectivity index (χ2v) is 21.6. The van der Waals surface area contributed by atoms with Crippen LogP contribution in [0.25, 0.3) is 0 Å². The molecule has 0 bridgehead atoms. The lowest BCUT2D eigenvalue weighted by atomic mass is 10.1. The summed E-state index contributed by atoms with van der Waals surface area (Å²) in [4.78, 5) is 38.4. The van der Waals surface area contributed by atoms with Gasteiger partial charge >= 0.3 is 17.9 Å². The van der Waals surface area contributed by atoms with Crippen molar-refractivity contribution >= 4 is 17.9 Å². The van der Waals surface area contributed by atoms with E-state index < -0.39 is 6.10 Å². The van der Waals surface area contributed by atoms with Crippen LogP contribution in [-0.2, 0) is 28.6 Å². The molecule has 1 atom stereocenters. The van der Waals surface area contributed by atoms with Gasteiger partial charge in [0.25, 0.3) is 0 Å². The zero-order chi connectivity index (χ0) is 57.8. The monoisotopic (exact) mass is 1110 g/mol. The maximum Gasteiger partial charge on any atom is 0.306 e. The van der Waals surface area contributed by atoms with E-state index in [-0.39, 0.29) is 31.1 Å². The van der Waals surface area contributed by atoms with Gasteiger partial charge in [-0.3, -0.25) is 14.4 Å². The first-order valence-corrected chi connectivity index (χ1v) is 33.2. The zero-order valence-corrected chi connectivity index (χ0v) is 52.0. The van der Waals surface area contributed by atoms with Crippen molar-refractivity contribution in [2.75, 3.05) is 13.2 Å². The Morgan fingerprint density at radius 3 is 0.775 bits per heavy atom. The minimum absolute atomic E-state index is 0.0914. The average molecular weight is 1110 g/mol. The van der Waals surface area contributed by atoms with E-state index >= 15 is 0 Å². The van der Waals surface area contributed by atoms with Crippen LogP contribution in [0.1, 0.15) is 297 Å². The summed E-state index contributed by atoms with van der Waals surface area (Å²) in [6, 6.07) is 0. The van der Waals surface area contributed by atoms with Gasteiger partial charge in [-0.1, -0.05) is 276 Å². The van der Waals surface area contributed by atoms with Crippen LogP contribution in [0.5, 0.6) is 0 Å². The molecule has 0 saturated carbocycles. The minimum Gasteiger partial charge on any atom is -0.462 e. The summed E-state index contributed by atoms with van der Waals surface area (Å²) < 4.78 is 16.9. The molecule has 6 nitrogen and oxygen atoms in total. The molecular weight excluding hydrogens is 985 g/mol. The highest BCUT2D eigenvalue weighted by molar-refractivity contribution is 5.71. The molecule has 80 heavy (non-hydrogen) atoms. The first-order valence-electron chi connectivity index (χ1n) is 33.2. The van der Waals surface area contributed by atoms with Crippen molar-refractivity contribution in [3.63, 3.8) is 0 Å². The Morgan fingerprint density at radius 2 is 0.487 bits per heavy atom. The number of hydrogen-bond acceptors (Lipinski definition) is 6. The number of carbonyl (C=O) groups excluding carboxylic acids is 3. The number of unbranched alkanes of at least 4 members (excludes halogenated alkanes) is 26. The molecule has 0 spiro atoms. The molecule has 0 aliphatic carbocycles. The zero-order valence-electron chi connectivity index (χ0n) is 52.0. The van der Waals surface area contributed by atoms with Crippen molar-refractivity contribution in [3.8, 4) is 0 Å². The number of allylic oxidation sites excluding steroid dienone is 22. The van der Waals surface area contributed by atoms with Crippen LogP contribution in [0.4, 0.5) is 0 Å². The van der Waals surface area contributed by atoms with Crippen LogP contribution >= 0.6 is 0 Å². The molecule has 0 aliphatic rings. The second kappa shape index (κ2) is 67.1. The molecule has 0 aromatic heterocycles. The summed E-state index contributed by atoms with van der Waals surface area (Å²) >= 11 is 0. The van der Waals surface area contributed by atoms with E-state index in [2.05, 4.69) is 154 Å². The third-order valence-electron chi connectivity index (χ3n) is 13.9. The van der Waals surface area contributed by atoms with E-state index in [0.717, 1.165) is 141 Å². The molecule has 0 aliphatic heterocycles. The molecule has 0 amide bonds. The Labute approximate surface area is 494 Å². The van der Waals surface area contributed by atoms with Crippen molar-refractivity contribution < 1.29 is 28.6 Å². The molecule has 0 aromatic rings. The van der Waals surface area contributed by atoms with Crippen LogP contribution in [0.3, 0.4) is 0 Å². The molecule has 0 rings (SSSR count). The summed E-state index contributed by atoms with van der Waals surface area (Å²) in [5.74, 6) is -0.913. The lowest BCUT2D eigenvalue weighted by Gasteiger charge is -2.18. The maximum atomic E-state index is 12.9. The third kappa shape index (κ3) is 64.4. The number of rotatable bonds is 59. The smallest absolute Gasteiger partial charge is 0.306 e. The predicted molar refractivity (Wildman–Crippen MR) is 348 cm³/mol. The molecular formula is C74H122O6. The van der Waals surface area contributed by atoms with Crippen LogP contribution in [0.15, 0.2) is 134 Å². The van der Waals surface area contributed by atoms with Crippen molar-refractivity contribution in [2.45, 2.75) is 303 Å². The van der Waals surface area contributed by atoms with Crippen LogP contribution in [0.2, 0.25) is 0 Å². The average Bonchev–Trinajstić information content (AvgIpc) is 3.46. The van der Waals surface area contributed by atoms with E-state index in [1.165, 1.54) is 116 Å². The Kier molecular flexibility index (Phi) is 63.3. The van der Waals surface area contributed by atoms with Crippen LogP contribution in [-0.4, -0.2) is 37.2 Å². The molecule has 0 fully saturated rings. The Morgan fingerprint density at radius 1 is 0.263 bits per heavy atom. The largest absolute Gasteiger partial charge is 0.462 e. The van der Waals surface area contributed by atoms with Gasteiger partial charge < -0.3 is 14.2 Å². The van der Waals surface area contributed by atoms with Crippen molar-refractivity contribution in [2.24, 2.45) is 0 Å². The van der Waals surface area contributed by atoms with E-state index in [0.29, 0.717) is 19.3 Å². The van der Waals surface area contributed by atoms with Gasteiger partial charge in [0.1, 0.15) is 13.2 Å². The fourth-order valence-electron chi connectivity index (χ4n) is 8.96. The predicted octanol–water partition coefficient (Wildman–Crippen LogP) is 22.9. The van der Waals surface area contributed by atoms with Crippen LogP contribution in [0, 0.1) is 0 Å². The van der Waals surface area contributed by atoms with Crippen molar-refractivity contribution in [1.82, 2.24) is 0 Å². The normalized spacial score (nSPS) is 13.0. The lowest BCUT2D eigenvalue weighted by molar-refractivity contribution is -0.167. The van der Waals surface area contributed by atoms with Gasteiger partial charge in [0.2, 0.25) is 0 Å². The highest BCUT2D eigenvalue weighted by atomic mass is 16.6. The summed E-state index contributed by atoms with van der Waals surface area (Å²) in [6.07, 6.45) is 94.6. The lowest BCUT2D eigenvalue weighted by Crippen LogP contribution is -2.30. The molecule has 0 aromatic carbocycles. The Balaban J connectivity index is 4.35. The van der Waals surface area contributed by atoms with Gasteiger partial charge in [-0.05, 0) is 135 Å². The highest BCUT2D eigenvalue weighted by Gasteiger charge is 2.19. The summed E-state index contributed by atoms with van der Waals surface area (Å²) in [5, 5.41) is 0. The molecule has 6 heteroatoms. The fourth-order valence-corrected chi connectivity index (χ4v) is 8.96. The summed E-state index contributed by atoms with van der Waals surface area (Å²) in [7, 11) is 0. The third-order valence-corrected chi connectivity index (χ3v) is 13.9. The van der Waals surface area contributed by atoms with Crippen molar-refractivity contribution in [1.29, 1.82) is 0 Å². The number of esters is 3. The van der Waals surface area contributed by atoms with Gasteiger partial charge in [0, 0.05) is 19.3 Å². The quantitative estimate of drug-likeness (QED) is 0.0261. The van der Waals surface area contributed by atoms with Gasteiger partial charge in [-0.25, -0.2) is 0 Å². The van der Waals surface area contributed by atoms with E-state index in [9.17, 15) is 14.4 Å². The molecule has 0 radical (unpaired) electrons. The summed E-state index contributed by atoms with van der Waals surface area (Å²) in [6.45, 7) is 6.40. The molecule has 0 N–H and O–H groups in total. The summed E-state index contributed by atoms with van der Waals surface area (Å²) in [5.41, 5.74) is 0. The first-order chi connectivity index (χ1) is 39.5. The van der Waals surface area contributed by atoms with E-state index in [1.54, 1.807) is 0 Å². The molecule has 0 saturated heterocycles. The van der Waals surface area contributed by atoms with Gasteiger partial charge in [0.15, 0.2) is 6.10 Å². The van der Waals surface area contributed by atoms with Crippen LogP contribution < -0.4 is 0 Å². The van der Waals surface area contributed by atoms with E-state index in [1.807, 2.05) is 0 Å². The van der Waals surface area contributed by atoms with E-state index in [4.69, 9.17) is 14.2 Å². The number of ether oxygens (including phenoxy) is 3. The number of hydrogen-bond donors (Lipinski definition) is 0. The maximum absolute atomic E-state index is 12.9. The Bertz CT molecular complexity index is 1700. The van der Waals surface area contributed by atoms with Gasteiger partial charge in [0.05, 0.1) is 0 Å². The standard InChI is InChI=1S/C74H122O6/c1-4-7-10-13-16-19-22-25-28-30-32-33-34-35-36-37-38-39-40-41-43-44-46-49-52-55-58-61-64-67-73(76)79-70-71(69-78-72(75)66-63-60-57-54-51-48-27-24-21-18-15-12-9-6-3)80-74(77)68-65-62-59-56-53-50-47-45-42-31-29-26-23-20-17-14-11-8-5-2/h7-8,10-11,16-17,19-20,24-29,32-33,35-36,38-39,42,45,71H,4-6,9,12-15,18,21-23,30-31,34,37,40-41,43-44,46-70H2,1-3H3/b10-7-,11-8-,19-16-,20-17-,27-24-,28-25-,29-26-,33-32-,36-35-,39-38-,45-42-. The topological polar surface area (TPSA) is 78.9 Å². The highest BCUT2D eigenvalue weighted by Crippen LogP contribution is 2.15. The first kappa shape index (κ1) is 75.5. The van der Waals surface area contributed by atoms with Gasteiger partial charge in [-0.15, -0.1) is 0 Å². The second-order valence-electron chi connectivity index (χ2n) is 21.6. The fraction of sp³-hybridized carbons (Fsp3) is 0.662. The molecule has 454 valence electrons. The number of carbonyl (C=O) groups is 3. The minimum atomic E-state index is -0.796. The molecule has 1 unspecified atom stereocenters. The SMILES string of the molecule is CC/C=C\C/C=C\C/C=C\C/C=C\C/C=C\C/C=C\CCCCCCCCCCCCC(=O)OCC(COC(=O)CCCCCCC/C=C\CCCCCCC)OC(=O)CCCCCCCC/C=C\C/C=C\C/C=C\C/C=C\CC. The van der Waals surface area contributed by atoms with Gasteiger partial charge in [-0.2, -0.15) is 0 Å².